The Bertz CT molecular complexity index is 1240. The molecule has 4 rings (SSSR count). The van der Waals surface area contributed by atoms with Crippen LogP contribution in [0.15, 0.2) is 71.1 Å². The first-order valence-corrected chi connectivity index (χ1v) is 11.1. The van der Waals surface area contributed by atoms with Crippen LogP contribution in [0, 0.1) is 5.82 Å². The largest absolute Gasteiger partial charge is 0.489 e. The Morgan fingerprint density at radius 3 is 2.78 bits per heavy atom. The SMILES string of the molecule is C=CCOc1ccccc1C1CC(=O)Nc2c1c(=O)nc(SCc1ccccc1F)n2C. The molecule has 2 aromatic carbocycles. The fourth-order valence-electron chi connectivity index (χ4n) is 3.74. The highest BCUT2D eigenvalue weighted by Gasteiger charge is 2.33. The van der Waals surface area contributed by atoms with Gasteiger partial charge >= 0.3 is 0 Å². The maximum absolute atomic E-state index is 14.0. The van der Waals surface area contributed by atoms with Crippen molar-refractivity contribution in [2.75, 3.05) is 11.9 Å². The number of halogens is 1. The first-order valence-electron chi connectivity index (χ1n) is 10.1. The van der Waals surface area contributed by atoms with E-state index in [1.807, 2.05) is 24.3 Å². The number of hydrogen-bond donors (Lipinski definition) is 1. The average Bonchev–Trinajstić information content (AvgIpc) is 2.79. The molecule has 1 unspecified atom stereocenters. The second-order valence-electron chi connectivity index (χ2n) is 7.34. The van der Waals surface area contributed by atoms with Crippen molar-refractivity contribution in [1.29, 1.82) is 0 Å². The number of carbonyl (C=O) groups excluding carboxylic acids is 1. The number of amides is 1. The van der Waals surface area contributed by atoms with Crippen LogP contribution in [0.5, 0.6) is 5.75 Å². The third kappa shape index (κ3) is 4.31. The monoisotopic (exact) mass is 451 g/mol. The molecule has 1 aliphatic rings. The molecule has 32 heavy (non-hydrogen) atoms. The van der Waals surface area contributed by atoms with Crippen LogP contribution < -0.4 is 15.6 Å². The number of hydrogen-bond acceptors (Lipinski definition) is 5. The molecule has 0 aliphatic carbocycles. The average molecular weight is 452 g/mol. The lowest BCUT2D eigenvalue weighted by Crippen LogP contribution is -2.33. The van der Waals surface area contributed by atoms with E-state index in [0.717, 1.165) is 5.56 Å². The number of fused-ring (bicyclic) bond motifs is 1. The van der Waals surface area contributed by atoms with Gasteiger partial charge in [0, 0.05) is 30.7 Å². The number of nitrogens with one attached hydrogen (secondary N) is 1. The van der Waals surface area contributed by atoms with Crippen LogP contribution in [0.4, 0.5) is 10.2 Å². The Kier molecular flexibility index (Phi) is 6.41. The first-order chi connectivity index (χ1) is 15.5. The van der Waals surface area contributed by atoms with Crippen molar-refractivity contribution < 1.29 is 13.9 Å². The third-order valence-electron chi connectivity index (χ3n) is 5.27. The van der Waals surface area contributed by atoms with Gasteiger partial charge in [-0.25, -0.2) is 4.39 Å². The Hall–Kier alpha value is -3.39. The molecule has 1 aromatic heterocycles. The highest BCUT2D eigenvalue weighted by Crippen LogP contribution is 2.39. The van der Waals surface area contributed by atoms with Gasteiger partial charge in [-0.2, -0.15) is 4.98 Å². The Labute approximate surface area is 189 Å². The molecule has 0 bridgehead atoms. The Morgan fingerprint density at radius 2 is 2.00 bits per heavy atom. The van der Waals surface area contributed by atoms with E-state index in [0.29, 0.717) is 40.2 Å². The van der Waals surface area contributed by atoms with Crippen LogP contribution in [-0.2, 0) is 17.6 Å². The van der Waals surface area contributed by atoms with Crippen LogP contribution in [0.1, 0.15) is 29.0 Å². The summed E-state index contributed by atoms with van der Waals surface area (Å²) < 4.78 is 21.4. The molecule has 8 heteroatoms. The number of aromatic nitrogens is 2. The summed E-state index contributed by atoms with van der Waals surface area (Å²) in [4.78, 5) is 29.9. The lowest BCUT2D eigenvalue weighted by atomic mass is 9.86. The van der Waals surface area contributed by atoms with Crippen LogP contribution in [0.25, 0.3) is 0 Å². The Balaban J connectivity index is 1.73. The maximum atomic E-state index is 14.0. The highest BCUT2D eigenvalue weighted by atomic mass is 32.2. The van der Waals surface area contributed by atoms with Crippen molar-refractivity contribution >= 4 is 23.5 Å². The van der Waals surface area contributed by atoms with Gasteiger partial charge in [-0.1, -0.05) is 60.8 Å². The van der Waals surface area contributed by atoms with Crippen LogP contribution in [0.2, 0.25) is 0 Å². The van der Waals surface area contributed by atoms with E-state index < -0.39 is 11.5 Å². The normalized spacial score (nSPS) is 15.1. The Morgan fingerprint density at radius 1 is 1.25 bits per heavy atom. The number of ether oxygens (including phenoxy) is 1. The lowest BCUT2D eigenvalue weighted by Gasteiger charge is -2.28. The third-order valence-corrected chi connectivity index (χ3v) is 6.35. The molecular formula is C24H22FN3O3S. The molecule has 1 N–H and O–H groups in total. The molecule has 0 fully saturated rings. The summed E-state index contributed by atoms with van der Waals surface area (Å²) >= 11 is 1.24. The molecule has 0 saturated heterocycles. The molecule has 6 nitrogen and oxygen atoms in total. The number of rotatable bonds is 7. The molecule has 164 valence electrons. The predicted octanol–water partition coefficient (Wildman–Crippen LogP) is 4.25. The fourth-order valence-corrected chi connectivity index (χ4v) is 4.69. The van der Waals surface area contributed by atoms with Gasteiger partial charge in [-0.05, 0) is 17.7 Å². The maximum Gasteiger partial charge on any atom is 0.279 e. The van der Waals surface area contributed by atoms with Crippen molar-refractivity contribution in [1.82, 2.24) is 9.55 Å². The number of carbonyl (C=O) groups is 1. The number of anilines is 1. The van der Waals surface area contributed by atoms with E-state index in [9.17, 15) is 14.0 Å². The topological polar surface area (TPSA) is 73.2 Å². The van der Waals surface area contributed by atoms with Gasteiger partial charge < -0.3 is 14.6 Å². The lowest BCUT2D eigenvalue weighted by molar-refractivity contribution is -0.116. The summed E-state index contributed by atoms with van der Waals surface area (Å²) in [6.45, 7) is 3.98. The van der Waals surface area contributed by atoms with E-state index in [1.54, 1.807) is 35.9 Å². The number of benzene rings is 2. The second-order valence-corrected chi connectivity index (χ2v) is 8.29. The van der Waals surface area contributed by atoms with Crippen molar-refractivity contribution in [3.63, 3.8) is 0 Å². The van der Waals surface area contributed by atoms with Gasteiger partial charge in [-0.15, -0.1) is 0 Å². The van der Waals surface area contributed by atoms with Crippen molar-refractivity contribution in [2.45, 2.75) is 23.2 Å². The van der Waals surface area contributed by atoms with Gasteiger partial charge in [0.15, 0.2) is 5.16 Å². The highest BCUT2D eigenvalue weighted by molar-refractivity contribution is 7.98. The molecule has 1 atom stereocenters. The van der Waals surface area contributed by atoms with Gasteiger partial charge in [0.2, 0.25) is 5.91 Å². The molecule has 0 radical (unpaired) electrons. The minimum atomic E-state index is -0.489. The summed E-state index contributed by atoms with van der Waals surface area (Å²) in [5.74, 6) is 0.302. The predicted molar refractivity (Wildman–Crippen MR) is 123 cm³/mol. The molecular weight excluding hydrogens is 429 g/mol. The second kappa shape index (κ2) is 9.40. The van der Waals surface area contributed by atoms with Crippen molar-refractivity contribution in [3.8, 4) is 5.75 Å². The molecule has 1 amide bonds. The minimum absolute atomic E-state index is 0.111. The van der Waals surface area contributed by atoms with Crippen LogP contribution in [0.3, 0.4) is 0 Å². The number of para-hydroxylation sites is 1. The zero-order chi connectivity index (χ0) is 22.7. The van der Waals surface area contributed by atoms with Crippen LogP contribution >= 0.6 is 11.8 Å². The standard InChI is InChI=1S/C24H22FN3O3S/c1-3-12-31-19-11-7-5-9-16(19)17-13-20(29)26-22-21(17)23(30)27-24(28(22)2)32-14-15-8-4-6-10-18(15)25/h3-11,17H,1,12-14H2,2H3,(H,26,29). The number of nitrogens with zero attached hydrogens (tertiary/aromatic N) is 2. The van der Waals surface area contributed by atoms with Gasteiger partial charge in [0.25, 0.3) is 5.56 Å². The van der Waals surface area contributed by atoms with E-state index in [2.05, 4.69) is 16.9 Å². The number of thioether (sulfide) groups is 1. The zero-order valence-electron chi connectivity index (χ0n) is 17.5. The molecule has 1 aliphatic heterocycles. The minimum Gasteiger partial charge on any atom is -0.489 e. The van der Waals surface area contributed by atoms with E-state index >= 15 is 0 Å². The van der Waals surface area contributed by atoms with E-state index in [1.165, 1.54) is 17.8 Å². The van der Waals surface area contributed by atoms with E-state index in [-0.39, 0.29) is 18.1 Å². The smallest absolute Gasteiger partial charge is 0.279 e. The molecule has 3 aromatic rings. The van der Waals surface area contributed by atoms with Crippen molar-refractivity contribution in [2.24, 2.45) is 7.05 Å². The quantitative estimate of drug-likeness (QED) is 0.330. The van der Waals surface area contributed by atoms with Gasteiger partial charge in [-0.3, -0.25) is 9.59 Å². The van der Waals surface area contributed by atoms with Gasteiger partial charge in [0.1, 0.15) is 24.0 Å². The fraction of sp³-hybridized carbons (Fsp3) is 0.208. The summed E-state index contributed by atoms with van der Waals surface area (Å²) in [6.07, 6.45) is 1.75. The zero-order valence-corrected chi connectivity index (χ0v) is 18.3. The van der Waals surface area contributed by atoms with Gasteiger partial charge in [0.05, 0.1) is 5.56 Å². The summed E-state index contributed by atoms with van der Waals surface area (Å²) in [5, 5.41) is 3.22. The van der Waals surface area contributed by atoms with Crippen molar-refractivity contribution in [3.05, 3.63) is 94.0 Å². The summed E-state index contributed by atoms with van der Waals surface area (Å²) in [5.41, 5.74) is 1.26. The van der Waals surface area contributed by atoms with Crippen LogP contribution in [-0.4, -0.2) is 22.1 Å². The molecule has 0 saturated carbocycles. The molecule has 0 spiro atoms. The summed E-state index contributed by atoms with van der Waals surface area (Å²) in [6, 6.07) is 13.8. The molecule has 2 heterocycles. The first kappa shape index (κ1) is 21.8. The van der Waals surface area contributed by atoms with E-state index in [4.69, 9.17) is 4.74 Å². The summed E-state index contributed by atoms with van der Waals surface area (Å²) in [7, 11) is 1.73.